The minimum absolute atomic E-state index is 0.0533. The summed E-state index contributed by atoms with van der Waals surface area (Å²) in [5.74, 6) is 1.40. The molecular weight excluding hydrogens is 410 g/mol. The number of benzene rings is 2. The molecule has 0 fully saturated rings. The maximum atomic E-state index is 12.3. The summed E-state index contributed by atoms with van der Waals surface area (Å²) >= 11 is 1.53. The van der Waals surface area contributed by atoms with Crippen molar-refractivity contribution in [2.75, 3.05) is 26.1 Å². The zero-order chi connectivity index (χ0) is 22.2. The molecule has 7 heteroatoms. The number of nitrogens with one attached hydrogen (secondary N) is 1. The summed E-state index contributed by atoms with van der Waals surface area (Å²) in [5.41, 5.74) is 4.09. The van der Waals surface area contributed by atoms with Crippen molar-refractivity contribution < 1.29 is 14.3 Å². The summed E-state index contributed by atoms with van der Waals surface area (Å²) < 4.78 is 10.7. The van der Waals surface area contributed by atoms with Crippen molar-refractivity contribution in [3.05, 3.63) is 69.7 Å². The van der Waals surface area contributed by atoms with E-state index < -0.39 is 0 Å². The molecule has 0 bridgehead atoms. The third kappa shape index (κ3) is 6.54. The molecule has 3 aromatic rings. The molecule has 6 nitrogen and oxygen atoms in total. The molecule has 0 spiro atoms. The molecule has 31 heavy (non-hydrogen) atoms. The quantitative estimate of drug-likeness (QED) is 0.497. The monoisotopic (exact) mass is 439 g/mol. The van der Waals surface area contributed by atoms with E-state index >= 15 is 0 Å². The lowest BCUT2D eigenvalue weighted by atomic mass is 10.2. The zero-order valence-electron chi connectivity index (χ0n) is 18.5. The number of aryl methyl sites for hydroxylation is 1. The molecule has 0 aliphatic heterocycles. The Hall–Kier alpha value is -2.90. The van der Waals surface area contributed by atoms with Gasteiger partial charge in [0, 0.05) is 24.2 Å². The van der Waals surface area contributed by atoms with Crippen LogP contribution in [0.2, 0.25) is 0 Å². The van der Waals surface area contributed by atoms with E-state index in [-0.39, 0.29) is 12.3 Å². The van der Waals surface area contributed by atoms with E-state index in [9.17, 15) is 4.79 Å². The van der Waals surface area contributed by atoms with Gasteiger partial charge in [-0.15, -0.1) is 11.3 Å². The summed E-state index contributed by atoms with van der Waals surface area (Å²) in [7, 11) is 3.28. The molecular formula is C24H29N3O3S. The van der Waals surface area contributed by atoms with Gasteiger partial charge in [0.15, 0.2) is 11.5 Å². The van der Waals surface area contributed by atoms with Crippen molar-refractivity contribution in [2.24, 2.45) is 0 Å². The van der Waals surface area contributed by atoms with E-state index in [4.69, 9.17) is 9.47 Å². The molecule has 1 aromatic heterocycles. The summed E-state index contributed by atoms with van der Waals surface area (Å²) in [6.45, 7) is 6.53. The van der Waals surface area contributed by atoms with Crippen LogP contribution in [0.4, 0.5) is 5.69 Å². The Morgan fingerprint density at radius 3 is 2.48 bits per heavy atom. The van der Waals surface area contributed by atoms with E-state index in [0.717, 1.165) is 58.6 Å². The molecule has 164 valence electrons. The maximum absolute atomic E-state index is 12.3. The minimum Gasteiger partial charge on any atom is -0.493 e. The van der Waals surface area contributed by atoms with Crippen LogP contribution in [-0.2, 0) is 24.3 Å². The first-order chi connectivity index (χ1) is 15.0. The van der Waals surface area contributed by atoms with Gasteiger partial charge in [0.05, 0.1) is 26.3 Å². The Bertz CT molecular complexity index is 1000. The molecule has 0 aliphatic carbocycles. The van der Waals surface area contributed by atoms with Gasteiger partial charge in [0.2, 0.25) is 5.91 Å². The second-order valence-corrected chi connectivity index (χ2v) is 8.26. The molecule has 0 unspecified atom stereocenters. The molecule has 0 radical (unpaired) electrons. The Morgan fingerprint density at radius 1 is 1.06 bits per heavy atom. The number of aromatic nitrogens is 1. The van der Waals surface area contributed by atoms with E-state index in [1.807, 2.05) is 54.8 Å². The smallest absolute Gasteiger partial charge is 0.231 e. The minimum atomic E-state index is -0.0533. The number of nitrogens with zero attached hydrogens (tertiary/aromatic N) is 2. The normalized spacial score (nSPS) is 10.9. The van der Waals surface area contributed by atoms with Crippen LogP contribution in [0.25, 0.3) is 0 Å². The molecule has 3 rings (SSSR count). The van der Waals surface area contributed by atoms with Crippen molar-refractivity contribution in [1.82, 2.24) is 9.88 Å². The lowest BCUT2D eigenvalue weighted by Gasteiger charge is -2.20. The summed E-state index contributed by atoms with van der Waals surface area (Å²) in [6.07, 6.45) is 0.278. The average Bonchev–Trinajstić information content (AvgIpc) is 3.21. The molecule has 0 saturated carbocycles. The highest BCUT2D eigenvalue weighted by Gasteiger charge is 2.13. The number of rotatable bonds is 10. The van der Waals surface area contributed by atoms with Gasteiger partial charge in [0.1, 0.15) is 5.01 Å². The fourth-order valence-corrected chi connectivity index (χ4v) is 4.01. The number of hydrogen-bond donors (Lipinski definition) is 1. The summed E-state index contributed by atoms with van der Waals surface area (Å²) in [5, 5.41) is 5.78. The number of carbonyl (C=O) groups is 1. The molecule has 0 aliphatic rings. The number of carbonyl (C=O) groups excluding carboxylic acids is 1. The Labute approximate surface area is 187 Å². The van der Waals surface area contributed by atoms with E-state index in [1.54, 1.807) is 14.2 Å². The Morgan fingerprint density at radius 2 is 1.81 bits per heavy atom. The number of ether oxygens (including phenoxy) is 2. The molecule has 1 N–H and O–H groups in total. The largest absolute Gasteiger partial charge is 0.493 e. The Kier molecular flexibility index (Phi) is 8.03. The molecule has 0 atom stereocenters. The highest BCUT2D eigenvalue weighted by atomic mass is 32.1. The second-order valence-electron chi connectivity index (χ2n) is 7.32. The van der Waals surface area contributed by atoms with Gasteiger partial charge in [-0.05, 0) is 43.3 Å². The second kappa shape index (κ2) is 10.9. The molecule has 1 amide bonds. The topological polar surface area (TPSA) is 63.7 Å². The first-order valence-electron chi connectivity index (χ1n) is 10.2. The van der Waals surface area contributed by atoms with Crippen LogP contribution < -0.4 is 14.8 Å². The van der Waals surface area contributed by atoms with Crippen molar-refractivity contribution in [3.8, 4) is 11.5 Å². The highest BCUT2D eigenvalue weighted by Crippen LogP contribution is 2.28. The van der Waals surface area contributed by atoms with Crippen molar-refractivity contribution in [2.45, 2.75) is 33.4 Å². The number of anilines is 1. The number of thiazole rings is 1. The van der Waals surface area contributed by atoms with Crippen molar-refractivity contribution >= 4 is 22.9 Å². The van der Waals surface area contributed by atoms with Gasteiger partial charge in [-0.25, -0.2) is 4.98 Å². The third-order valence-electron chi connectivity index (χ3n) is 4.93. The lowest BCUT2D eigenvalue weighted by molar-refractivity contribution is -0.115. The van der Waals surface area contributed by atoms with Crippen molar-refractivity contribution in [1.29, 1.82) is 0 Å². The van der Waals surface area contributed by atoms with Crippen LogP contribution in [-0.4, -0.2) is 36.6 Å². The lowest BCUT2D eigenvalue weighted by Crippen LogP contribution is -2.22. The van der Waals surface area contributed by atoms with Gasteiger partial charge in [-0.3, -0.25) is 9.69 Å². The van der Waals surface area contributed by atoms with Gasteiger partial charge in [-0.1, -0.05) is 30.7 Å². The van der Waals surface area contributed by atoms with E-state index in [0.29, 0.717) is 0 Å². The van der Waals surface area contributed by atoms with Crippen LogP contribution >= 0.6 is 11.3 Å². The van der Waals surface area contributed by atoms with Gasteiger partial charge >= 0.3 is 0 Å². The van der Waals surface area contributed by atoms with E-state index in [2.05, 4.69) is 22.1 Å². The maximum Gasteiger partial charge on any atom is 0.231 e. The van der Waals surface area contributed by atoms with Crippen molar-refractivity contribution in [3.63, 3.8) is 0 Å². The molecule has 1 heterocycles. The molecule has 0 saturated heterocycles. The van der Waals surface area contributed by atoms with Gasteiger partial charge in [-0.2, -0.15) is 0 Å². The first kappa shape index (κ1) is 22.8. The predicted molar refractivity (Wildman–Crippen MR) is 125 cm³/mol. The van der Waals surface area contributed by atoms with Crippen LogP contribution in [0.1, 0.15) is 28.8 Å². The summed E-state index contributed by atoms with van der Waals surface area (Å²) in [6, 6.07) is 13.8. The van der Waals surface area contributed by atoms with Crippen LogP contribution in [0.15, 0.2) is 47.8 Å². The number of hydrogen-bond acceptors (Lipinski definition) is 6. The SMILES string of the molecule is CCN(Cc1ccc(OC)c(OC)c1)Cc1csc(CC(=O)Nc2ccc(C)cc2)n1. The van der Waals surface area contributed by atoms with Crippen LogP contribution in [0, 0.1) is 6.92 Å². The highest BCUT2D eigenvalue weighted by molar-refractivity contribution is 7.09. The summed E-state index contributed by atoms with van der Waals surface area (Å²) in [4.78, 5) is 19.3. The number of amides is 1. The zero-order valence-corrected chi connectivity index (χ0v) is 19.3. The Balaban J connectivity index is 1.57. The first-order valence-corrected chi connectivity index (χ1v) is 11.1. The van der Waals surface area contributed by atoms with Crippen LogP contribution in [0.3, 0.4) is 0 Å². The van der Waals surface area contributed by atoms with Crippen LogP contribution in [0.5, 0.6) is 11.5 Å². The average molecular weight is 440 g/mol. The predicted octanol–water partition coefficient (Wildman–Crippen LogP) is 4.67. The molecule has 2 aromatic carbocycles. The third-order valence-corrected chi connectivity index (χ3v) is 5.83. The van der Waals surface area contributed by atoms with E-state index in [1.165, 1.54) is 11.3 Å². The fourth-order valence-electron chi connectivity index (χ4n) is 3.23. The van der Waals surface area contributed by atoms with Gasteiger partial charge in [0.25, 0.3) is 0 Å². The fraction of sp³-hybridized carbons (Fsp3) is 0.333. The number of methoxy groups -OCH3 is 2. The standard InChI is InChI=1S/C24H29N3O3S/c1-5-27(14-18-8-11-21(29-3)22(12-18)30-4)15-20-16-31-24(26-20)13-23(28)25-19-9-6-17(2)7-10-19/h6-12,16H,5,13-15H2,1-4H3,(H,25,28). The van der Waals surface area contributed by atoms with Gasteiger partial charge < -0.3 is 14.8 Å².